The number of nitrogens with one attached hydrogen (secondary N) is 1. The summed E-state index contributed by atoms with van der Waals surface area (Å²) >= 11 is 0. The number of aromatic nitrogens is 2. The van der Waals surface area contributed by atoms with Crippen LogP contribution in [0.5, 0.6) is 11.5 Å². The number of hydrogen-bond donors (Lipinski definition) is 1. The summed E-state index contributed by atoms with van der Waals surface area (Å²) in [6, 6.07) is 4.48. The summed E-state index contributed by atoms with van der Waals surface area (Å²) < 4.78 is 17.7. The zero-order valence-corrected chi connectivity index (χ0v) is 26.4. The predicted octanol–water partition coefficient (Wildman–Crippen LogP) is 5.43. The molecular formula is C33H54N6O3. The zero-order chi connectivity index (χ0) is 29.1. The van der Waals surface area contributed by atoms with E-state index < -0.39 is 0 Å². The number of likely N-dealkylation sites (N-methyl/N-ethyl adjacent to an activating group) is 1. The van der Waals surface area contributed by atoms with E-state index in [0.29, 0.717) is 37.4 Å². The Hall–Kier alpha value is -2.36. The molecule has 1 saturated carbocycles. The highest BCUT2D eigenvalue weighted by atomic mass is 16.5. The van der Waals surface area contributed by atoms with Crippen LogP contribution in [0, 0.1) is 5.92 Å². The van der Waals surface area contributed by atoms with Crippen molar-refractivity contribution in [2.45, 2.75) is 76.7 Å². The fourth-order valence-corrected chi connectivity index (χ4v) is 6.67. The number of rotatable bonds is 13. The highest BCUT2D eigenvalue weighted by Crippen LogP contribution is 2.36. The van der Waals surface area contributed by atoms with Gasteiger partial charge in [-0.3, -0.25) is 0 Å². The molecule has 234 valence electrons. The van der Waals surface area contributed by atoms with Crippen molar-refractivity contribution < 1.29 is 14.2 Å². The van der Waals surface area contributed by atoms with Gasteiger partial charge in [-0.2, -0.15) is 4.98 Å². The number of nitrogens with zero attached hydrogens (tertiary/aromatic N) is 5. The topological polar surface area (TPSA) is 75.2 Å². The number of ether oxygens (including phenoxy) is 3. The highest BCUT2D eigenvalue weighted by Gasteiger charge is 2.25. The average Bonchev–Trinajstić information content (AvgIpc) is 3.30. The normalized spacial score (nSPS) is 19.8. The van der Waals surface area contributed by atoms with Gasteiger partial charge in [0.05, 0.1) is 25.8 Å². The molecule has 2 aliphatic heterocycles. The van der Waals surface area contributed by atoms with Crippen molar-refractivity contribution >= 4 is 22.7 Å². The number of fused-ring (bicyclic) bond motifs is 1. The molecule has 0 bridgehead atoms. The van der Waals surface area contributed by atoms with Gasteiger partial charge in [0.1, 0.15) is 12.4 Å². The van der Waals surface area contributed by atoms with Crippen molar-refractivity contribution in [1.29, 1.82) is 0 Å². The lowest BCUT2D eigenvalue weighted by atomic mass is 9.88. The Bertz CT molecular complexity index is 1090. The van der Waals surface area contributed by atoms with E-state index in [1.54, 1.807) is 7.11 Å². The van der Waals surface area contributed by atoms with Gasteiger partial charge in [0, 0.05) is 56.8 Å². The monoisotopic (exact) mass is 582 g/mol. The zero-order valence-electron chi connectivity index (χ0n) is 26.4. The Kier molecular flexibility index (Phi) is 11.8. The number of piperidine rings is 1. The van der Waals surface area contributed by atoms with Crippen LogP contribution in [0.1, 0.15) is 70.6 Å². The maximum atomic E-state index is 6.15. The Morgan fingerprint density at radius 1 is 0.833 bits per heavy atom. The molecule has 2 saturated heterocycles. The highest BCUT2D eigenvalue weighted by molar-refractivity contribution is 5.93. The van der Waals surface area contributed by atoms with E-state index in [9.17, 15) is 0 Å². The Balaban J connectivity index is 1.31. The minimum atomic E-state index is 0.406. The number of hydrogen-bond acceptors (Lipinski definition) is 9. The number of methoxy groups -OCH3 is 1. The third-order valence-electron chi connectivity index (χ3n) is 9.20. The SMILES string of the molecule is COc1cc2c(NC3CCN(CC4CCCCC4)CC3)nc(N3CCCCCC3)nc2cc1OCCOCCN(C)C. The molecule has 1 aromatic carbocycles. The molecule has 1 aliphatic carbocycles. The molecular weight excluding hydrogens is 528 g/mol. The van der Waals surface area contributed by atoms with Crippen LogP contribution in [0.3, 0.4) is 0 Å². The van der Waals surface area contributed by atoms with Gasteiger partial charge in [-0.15, -0.1) is 0 Å². The fourth-order valence-electron chi connectivity index (χ4n) is 6.67. The molecule has 1 aromatic heterocycles. The van der Waals surface area contributed by atoms with Gasteiger partial charge in [0.2, 0.25) is 5.95 Å². The van der Waals surface area contributed by atoms with Crippen LogP contribution < -0.4 is 19.7 Å². The van der Waals surface area contributed by atoms with E-state index in [1.165, 1.54) is 64.3 Å². The molecule has 3 heterocycles. The standard InChI is InChI=1S/C33H54N6O3/c1-37(2)19-20-41-21-22-42-31-24-29-28(23-30(31)40-3)32(36-33(35-29)39-15-9-4-5-10-16-39)34-27-13-17-38(18-14-27)25-26-11-7-6-8-12-26/h23-24,26-27H,4-22,25H2,1-3H3,(H,34,35,36). The molecule has 0 spiro atoms. The van der Waals surface area contributed by atoms with Crippen molar-refractivity contribution in [3.63, 3.8) is 0 Å². The van der Waals surface area contributed by atoms with Crippen LogP contribution in [-0.4, -0.2) is 106 Å². The van der Waals surface area contributed by atoms with Gasteiger partial charge in [0.25, 0.3) is 0 Å². The second-order valence-corrected chi connectivity index (χ2v) is 12.8. The molecule has 0 unspecified atom stereocenters. The quantitative estimate of drug-likeness (QED) is 0.311. The fraction of sp³-hybridized carbons (Fsp3) is 0.758. The second kappa shape index (κ2) is 15.9. The van der Waals surface area contributed by atoms with Gasteiger partial charge in [-0.05, 0) is 64.6 Å². The lowest BCUT2D eigenvalue weighted by Gasteiger charge is -2.36. The Labute approximate surface area is 253 Å². The largest absolute Gasteiger partial charge is 0.493 e. The first kappa shape index (κ1) is 31.1. The van der Waals surface area contributed by atoms with E-state index in [2.05, 4.69) is 20.0 Å². The molecule has 9 heteroatoms. The Morgan fingerprint density at radius 2 is 1.57 bits per heavy atom. The summed E-state index contributed by atoms with van der Waals surface area (Å²) in [6.07, 6.45) is 14.3. The molecule has 0 radical (unpaired) electrons. The molecule has 1 N–H and O–H groups in total. The molecule has 3 fully saturated rings. The molecule has 42 heavy (non-hydrogen) atoms. The molecule has 0 amide bonds. The van der Waals surface area contributed by atoms with E-state index >= 15 is 0 Å². The third kappa shape index (κ3) is 8.83. The van der Waals surface area contributed by atoms with E-state index in [-0.39, 0.29) is 0 Å². The first-order valence-electron chi connectivity index (χ1n) is 16.6. The van der Waals surface area contributed by atoms with Crippen LogP contribution in [0.25, 0.3) is 10.9 Å². The smallest absolute Gasteiger partial charge is 0.227 e. The lowest BCUT2D eigenvalue weighted by molar-refractivity contribution is 0.0881. The summed E-state index contributed by atoms with van der Waals surface area (Å²) in [6.45, 7) is 8.19. The molecule has 5 rings (SSSR count). The van der Waals surface area contributed by atoms with Crippen LogP contribution in [0.15, 0.2) is 12.1 Å². The van der Waals surface area contributed by atoms with Gasteiger partial charge >= 0.3 is 0 Å². The predicted molar refractivity (Wildman–Crippen MR) is 171 cm³/mol. The summed E-state index contributed by atoms with van der Waals surface area (Å²) in [5.41, 5.74) is 0.894. The van der Waals surface area contributed by atoms with Crippen molar-refractivity contribution in [3.05, 3.63) is 12.1 Å². The van der Waals surface area contributed by atoms with Gasteiger partial charge in [-0.25, -0.2) is 4.98 Å². The molecule has 3 aliphatic rings. The molecule has 0 atom stereocenters. The van der Waals surface area contributed by atoms with E-state index in [1.807, 2.05) is 26.2 Å². The second-order valence-electron chi connectivity index (χ2n) is 12.8. The Morgan fingerprint density at radius 3 is 2.29 bits per heavy atom. The number of likely N-dealkylation sites (tertiary alicyclic amines) is 1. The lowest BCUT2D eigenvalue weighted by Crippen LogP contribution is -2.41. The third-order valence-corrected chi connectivity index (χ3v) is 9.20. The van der Waals surface area contributed by atoms with Crippen LogP contribution >= 0.6 is 0 Å². The summed E-state index contributed by atoms with van der Waals surface area (Å²) in [4.78, 5) is 17.4. The minimum Gasteiger partial charge on any atom is -0.493 e. The van der Waals surface area contributed by atoms with Crippen molar-refractivity contribution in [2.75, 3.05) is 90.5 Å². The van der Waals surface area contributed by atoms with E-state index in [0.717, 1.165) is 74.2 Å². The van der Waals surface area contributed by atoms with Crippen LogP contribution in [0.4, 0.5) is 11.8 Å². The first-order valence-corrected chi connectivity index (χ1v) is 16.6. The first-order chi connectivity index (χ1) is 20.6. The summed E-state index contributed by atoms with van der Waals surface area (Å²) in [5.74, 6) is 4.04. The van der Waals surface area contributed by atoms with Crippen molar-refractivity contribution in [1.82, 2.24) is 19.8 Å². The number of anilines is 2. The summed E-state index contributed by atoms with van der Waals surface area (Å²) in [5, 5.41) is 4.85. The van der Waals surface area contributed by atoms with Crippen molar-refractivity contribution in [2.24, 2.45) is 5.92 Å². The molecule has 2 aromatic rings. The molecule has 9 nitrogen and oxygen atoms in total. The van der Waals surface area contributed by atoms with Gasteiger partial charge in [0.15, 0.2) is 11.5 Å². The summed E-state index contributed by atoms with van der Waals surface area (Å²) in [7, 11) is 5.79. The van der Waals surface area contributed by atoms with Crippen LogP contribution in [0.2, 0.25) is 0 Å². The van der Waals surface area contributed by atoms with Gasteiger partial charge in [-0.1, -0.05) is 32.1 Å². The van der Waals surface area contributed by atoms with Crippen LogP contribution in [-0.2, 0) is 4.74 Å². The van der Waals surface area contributed by atoms with E-state index in [4.69, 9.17) is 24.2 Å². The maximum Gasteiger partial charge on any atom is 0.227 e. The van der Waals surface area contributed by atoms with Gasteiger partial charge < -0.3 is 34.2 Å². The minimum absolute atomic E-state index is 0.406. The number of benzene rings is 1. The van der Waals surface area contributed by atoms with Crippen molar-refractivity contribution in [3.8, 4) is 11.5 Å². The maximum absolute atomic E-state index is 6.15. The average molecular weight is 583 g/mol.